The van der Waals surface area contributed by atoms with Crippen LogP contribution >= 0.6 is 15.9 Å². The lowest BCUT2D eigenvalue weighted by Crippen LogP contribution is -2.18. The molecule has 0 aliphatic rings. The fourth-order valence-corrected chi connectivity index (χ4v) is 3.04. The highest BCUT2D eigenvalue weighted by atomic mass is 79.9. The summed E-state index contributed by atoms with van der Waals surface area (Å²) in [4.78, 5) is 10.3. The maximum atomic E-state index is 10.7. The monoisotopic (exact) mass is 432 g/mol. The summed E-state index contributed by atoms with van der Waals surface area (Å²) in [6.07, 6.45) is 0. The first-order valence-electron chi connectivity index (χ1n) is 8.12. The number of nitro groups is 1. The van der Waals surface area contributed by atoms with E-state index in [1.807, 2.05) is 25.1 Å². The van der Waals surface area contributed by atoms with Gasteiger partial charge in [0.05, 0.1) is 23.1 Å². The van der Waals surface area contributed by atoms with Crippen LogP contribution in [0.25, 0.3) is 11.5 Å². The van der Waals surface area contributed by atoms with E-state index in [-0.39, 0.29) is 11.7 Å². The van der Waals surface area contributed by atoms with Crippen molar-refractivity contribution in [2.45, 2.75) is 19.5 Å². The minimum absolute atomic E-state index is 0.0135. The zero-order valence-electron chi connectivity index (χ0n) is 14.7. The van der Waals surface area contributed by atoms with Crippen molar-refractivity contribution in [1.82, 2.24) is 15.5 Å². The van der Waals surface area contributed by atoms with Gasteiger partial charge < -0.3 is 14.5 Å². The van der Waals surface area contributed by atoms with Crippen LogP contribution in [0.2, 0.25) is 0 Å². The lowest BCUT2D eigenvalue weighted by molar-refractivity contribution is -0.384. The number of nitrogens with one attached hydrogen (secondary N) is 1. The molecule has 3 aromatic rings. The van der Waals surface area contributed by atoms with Gasteiger partial charge in [-0.25, -0.2) is 0 Å². The minimum Gasteiger partial charge on any atom is -0.496 e. The van der Waals surface area contributed by atoms with Gasteiger partial charge in [0, 0.05) is 23.7 Å². The van der Waals surface area contributed by atoms with Gasteiger partial charge in [0.1, 0.15) is 5.75 Å². The van der Waals surface area contributed by atoms with Crippen molar-refractivity contribution < 1.29 is 14.1 Å². The summed E-state index contributed by atoms with van der Waals surface area (Å²) < 4.78 is 11.8. The van der Waals surface area contributed by atoms with Crippen molar-refractivity contribution in [1.29, 1.82) is 0 Å². The summed E-state index contributed by atoms with van der Waals surface area (Å²) in [6.45, 7) is 2.42. The third kappa shape index (κ3) is 4.50. The van der Waals surface area contributed by atoms with Gasteiger partial charge in [-0.3, -0.25) is 10.1 Å². The number of hydrogen-bond acceptors (Lipinski definition) is 7. The molecule has 0 saturated heterocycles. The van der Waals surface area contributed by atoms with Gasteiger partial charge in [-0.15, -0.1) is 10.2 Å². The van der Waals surface area contributed by atoms with E-state index in [9.17, 15) is 10.1 Å². The van der Waals surface area contributed by atoms with Crippen LogP contribution in [0.3, 0.4) is 0 Å². The van der Waals surface area contributed by atoms with Crippen molar-refractivity contribution in [2.75, 3.05) is 7.11 Å². The molecule has 2 aromatic carbocycles. The quantitative estimate of drug-likeness (QED) is 0.439. The normalized spacial score (nSPS) is 12.0. The highest BCUT2D eigenvalue weighted by Crippen LogP contribution is 2.28. The molecule has 1 unspecified atom stereocenters. The first-order chi connectivity index (χ1) is 13.0. The molecule has 140 valence electrons. The fourth-order valence-electron chi connectivity index (χ4n) is 2.48. The van der Waals surface area contributed by atoms with Crippen LogP contribution in [0, 0.1) is 10.1 Å². The third-order valence-electron chi connectivity index (χ3n) is 4.03. The molecular formula is C18H17BrN4O4. The van der Waals surface area contributed by atoms with Gasteiger partial charge in [0.25, 0.3) is 5.69 Å². The standard InChI is InChI=1S/C18H17BrN4O4/c1-11(13-5-8-16(26-2)15(19)9-13)20-10-17-21-22-18(27-17)12-3-6-14(7-4-12)23(24)25/h3-9,11,20H,10H2,1-2H3. The first-order valence-corrected chi connectivity index (χ1v) is 8.91. The first kappa shape index (κ1) is 19.0. The van der Waals surface area contributed by atoms with Gasteiger partial charge in [0.15, 0.2) is 0 Å². The van der Waals surface area contributed by atoms with Crippen molar-refractivity contribution in [2.24, 2.45) is 0 Å². The number of benzene rings is 2. The van der Waals surface area contributed by atoms with Gasteiger partial charge >= 0.3 is 0 Å². The smallest absolute Gasteiger partial charge is 0.269 e. The Bertz CT molecular complexity index is 943. The average molecular weight is 433 g/mol. The number of halogens is 1. The molecule has 1 aromatic heterocycles. The molecule has 0 radical (unpaired) electrons. The molecule has 0 saturated carbocycles. The molecule has 0 aliphatic heterocycles. The molecule has 1 N–H and O–H groups in total. The summed E-state index contributed by atoms with van der Waals surface area (Å²) >= 11 is 3.48. The average Bonchev–Trinajstić information content (AvgIpc) is 3.15. The van der Waals surface area contributed by atoms with E-state index in [0.29, 0.717) is 23.9 Å². The summed E-state index contributed by atoms with van der Waals surface area (Å²) in [5.41, 5.74) is 1.73. The Morgan fingerprint density at radius 1 is 1.26 bits per heavy atom. The van der Waals surface area contributed by atoms with E-state index in [4.69, 9.17) is 9.15 Å². The van der Waals surface area contributed by atoms with Gasteiger partial charge in [-0.2, -0.15) is 0 Å². The van der Waals surface area contributed by atoms with Crippen LogP contribution in [0.1, 0.15) is 24.4 Å². The van der Waals surface area contributed by atoms with E-state index >= 15 is 0 Å². The number of rotatable bonds is 7. The van der Waals surface area contributed by atoms with E-state index < -0.39 is 4.92 Å². The van der Waals surface area contributed by atoms with Gasteiger partial charge in [0.2, 0.25) is 11.8 Å². The Morgan fingerprint density at radius 2 is 2.00 bits per heavy atom. The Hall–Kier alpha value is -2.78. The van der Waals surface area contributed by atoms with Crippen molar-refractivity contribution in [3.8, 4) is 17.2 Å². The predicted octanol–water partition coefficient (Wildman–Crippen LogP) is 4.27. The molecule has 1 atom stereocenters. The lowest BCUT2D eigenvalue weighted by Gasteiger charge is -2.14. The highest BCUT2D eigenvalue weighted by molar-refractivity contribution is 9.10. The summed E-state index contributed by atoms with van der Waals surface area (Å²) in [7, 11) is 1.62. The molecule has 8 nitrogen and oxygen atoms in total. The topological polar surface area (TPSA) is 103 Å². The predicted molar refractivity (Wildman–Crippen MR) is 102 cm³/mol. The maximum absolute atomic E-state index is 10.7. The van der Waals surface area contributed by atoms with E-state index in [2.05, 4.69) is 31.4 Å². The molecule has 0 spiro atoms. The molecule has 0 amide bonds. The van der Waals surface area contributed by atoms with Gasteiger partial charge in [-0.1, -0.05) is 6.07 Å². The molecule has 9 heteroatoms. The number of nitrogens with zero attached hydrogens (tertiary/aromatic N) is 3. The molecule has 27 heavy (non-hydrogen) atoms. The summed E-state index contributed by atoms with van der Waals surface area (Å²) in [5.74, 6) is 1.53. The molecule has 3 rings (SSSR count). The second kappa shape index (κ2) is 8.28. The van der Waals surface area contributed by atoms with Crippen LogP contribution in [0.4, 0.5) is 5.69 Å². The second-order valence-electron chi connectivity index (χ2n) is 5.80. The summed E-state index contributed by atoms with van der Waals surface area (Å²) in [6, 6.07) is 11.9. The Labute approximate surface area is 163 Å². The molecule has 1 heterocycles. The SMILES string of the molecule is COc1ccc(C(C)NCc2nnc(-c3ccc([N+](=O)[O-])cc3)o2)cc1Br. The zero-order chi connectivity index (χ0) is 19.4. The molecule has 0 aliphatic carbocycles. The van der Waals surface area contributed by atoms with Crippen LogP contribution in [-0.2, 0) is 6.54 Å². The van der Waals surface area contributed by atoms with E-state index in [0.717, 1.165) is 15.8 Å². The van der Waals surface area contributed by atoms with Gasteiger partial charge in [-0.05, 0) is 52.7 Å². The van der Waals surface area contributed by atoms with Crippen molar-refractivity contribution in [3.05, 3.63) is 68.5 Å². The van der Waals surface area contributed by atoms with Crippen LogP contribution in [-0.4, -0.2) is 22.2 Å². The zero-order valence-corrected chi connectivity index (χ0v) is 16.3. The lowest BCUT2D eigenvalue weighted by atomic mass is 10.1. The molecular weight excluding hydrogens is 416 g/mol. The maximum Gasteiger partial charge on any atom is 0.269 e. The minimum atomic E-state index is -0.453. The van der Waals surface area contributed by atoms with Crippen molar-refractivity contribution in [3.63, 3.8) is 0 Å². The Balaban J connectivity index is 1.63. The number of ether oxygens (including phenoxy) is 1. The Kier molecular flexibility index (Phi) is 5.82. The number of methoxy groups -OCH3 is 1. The van der Waals surface area contributed by atoms with Crippen LogP contribution < -0.4 is 10.1 Å². The number of hydrogen-bond donors (Lipinski definition) is 1. The van der Waals surface area contributed by atoms with Crippen molar-refractivity contribution >= 4 is 21.6 Å². The van der Waals surface area contributed by atoms with Crippen LogP contribution in [0.15, 0.2) is 51.4 Å². The van der Waals surface area contributed by atoms with E-state index in [1.54, 1.807) is 19.2 Å². The number of non-ortho nitro benzene ring substituents is 1. The highest BCUT2D eigenvalue weighted by Gasteiger charge is 2.13. The fraction of sp³-hybridized carbons (Fsp3) is 0.222. The largest absolute Gasteiger partial charge is 0.496 e. The molecule has 0 bridgehead atoms. The third-order valence-corrected chi connectivity index (χ3v) is 4.65. The van der Waals surface area contributed by atoms with E-state index in [1.165, 1.54) is 12.1 Å². The second-order valence-corrected chi connectivity index (χ2v) is 6.66. The van der Waals surface area contributed by atoms with Crippen LogP contribution in [0.5, 0.6) is 5.75 Å². The Morgan fingerprint density at radius 3 is 2.63 bits per heavy atom. The summed E-state index contributed by atoms with van der Waals surface area (Å²) in [5, 5.41) is 22.0. The molecule has 0 fully saturated rings. The number of nitro benzene ring substituents is 1. The number of aromatic nitrogens is 2.